The molecule has 1 atom stereocenters. The van der Waals surface area contributed by atoms with Crippen LogP contribution in [0.4, 0.5) is 0 Å². The van der Waals surface area contributed by atoms with Gasteiger partial charge in [0.25, 0.3) is 5.56 Å². The highest BCUT2D eigenvalue weighted by Crippen LogP contribution is 2.36. The number of methoxy groups -OCH3 is 1. The van der Waals surface area contributed by atoms with E-state index >= 15 is 0 Å². The van der Waals surface area contributed by atoms with E-state index < -0.39 is 11.8 Å². The lowest BCUT2D eigenvalue weighted by molar-refractivity contribution is -0.0752. The van der Waals surface area contributed by atoms with Gasteiger partial charge >= 0.3 is 5.69 Å². The Hall–Kier alpha value is -3.25. The summed E-state index contributed by atoms with van der Waals surface area (Å²) in [5.74, 6) is 0.679. The van der Waals surface area contributed by atoms with E-state index in [0.29, 0.717) is 40.5 Å². The highest BCUT2D eigenvalue weighted by Gasteiger charge is 2.28. The lowest BCUT2D eigenvalue weighted by Crippen LogP contribution is -2.40. The summed E-state index contributed by atoms with van der Waals surface area (Å²) in [6.07, 6.45) is 6.32. The van der Waals surface area contributed by atoms with Crippen LogP contribution in [0.5, 0.6) is 5.75 Å². The van der Waals surface area contributed by atoms with Crippen molar-refractivity contribution < 1.29 is 14.2 Å². The van der Waals surface area contributed by atoms with Crippen molar-refractivity contribution in [2.75, 3.05) is 20.3 Å². The molecule has 0 spiro atoms. The first-order chi connectivity index (χ1) is 19.4. The number of aryl methyl sites for hydroxylation is 2. The molecular weight excluding hydrogens is 596 g/mol. The lowest BCUT2D eigenvalue weighted by Gasteiger charge is -2.29. The van der Waals surface area contributed by atoms with Crippen LogP contribution in [0, 0.1) is 13.8 Å². The van der Waals surface area contributed by atoms with E-state index in [9.17, 15) is 9.59 Å². The molecule has 6 rings (SSSR count). The van der Waals surface area contributed by atoms with Gasteiger partial charge in [0, 0.05) is 37.4 Å². The molecule has 0 saturated carbocycles. The zero-order valence-electron chi connectivity index (χ0n) is 22.4. The number of hydrogen-bond acceptors (Lipinski definition) is 7. The first-order valence-corrected chi connectivity index (χ1v) is 14.7. The van der Waals surface area contributed by atoms with E-state index in [1.165, 1.54) is 15.9 Å². The smallest absolute Gasteiger partial charge is 0.336 e. The van der Waals surface area contributed by atoms with Gasteiger partial charge in [-0.15, -0.1) is 11.3 Å². The first kappa shape index (κ1) is 26.9. The molecule has 5 heterocycles. The van der Waals surface area contributed by atoms with Crippen molar-refractivity contribution in [2.45, 2.75) is 45.4 Å². The molecule has 1 saturated heterocycles. The summed E-state index contributed by atoms with van der Waals surface area (Å²) in [5.41, 5.74) is 2.61. The van der Waals surface area contributed by atoms with E-state index in [4.69, 9.17) is 14.2 Å². The Morgan fingerprint density at radius 3 is 2.70 bits per heavy atom. The van der Waals surface area contributed by atoms with Crippen LogP contribution in [0.15, 0.2) is 62.3 Å². The summed E-state index contributed by atoms with van der Waals surface area (Å²) >= 11 is 5.00. The maximum Gasteiger partial charge on any atom is 0.336 e. The molecule has 11 heteroatoms. The number of rotatable bonds is 7. The second-order valence-corrected chi connectivity index (χ2v) is 12.2. The zero-order chi connectivity index (χ0) is 28.0. The van der Waals surface area contributed by atoms with Crippen LogP contribution >= 0.6 is 27.3 Å². The van der Waals surface area contributed by atoms with Crippen molar-refractivity contribution in [3.8, 4) is 11.4 Å². The Morgan fingerprint density at radius 1 is 1.15 bits per heavy atom. The molecule has 0 N–H and O–H groups in total. The SMILES string of the molecule is COc1ccccc1C(Cn1c(=O)n(-c2c(C)ccn3ccnc23)c(=O)c2c(C)c(Br)sc21)OC1CCOCC1. The average molecular weight is 626 g/mol. The maximum absolute atomic E-state index is 14.4. The molecule has 208 valence electrons. The number of fused-ring (bicyclic) bond motifs is 2. The molecule has 1 aromatic carbocycles. The third kappa shape index (κ3) is 4.60. The molecule has 1 aliphatic rings. The highest BCUT2D eigenvalue weighted by molar-refractivity contribution is 9.11. The Labute approximate surface area is 242 Å². The zero-order valence-corrected chi connectivity index (χ0v) is 24.8. The van der Waals surface area contributed by atoms with Gasteiger partial charge in [-0.05, 0) is 65.9 Å². The van der Waals surface area contributed by atoms with Gasteiger partial charge in [-0.25, -0.2) is 14.3 Å². The number of para-hydroxylation sites is 1. The minimum absolute atomic E-state index is 0.0292. The summed E-state index contributed by atoms with van der Waals surface area (Å²) in [6, 6.07) is 9.58. The number of aromatic nitrogens is 4. The second-order valence-electron chi connectivity index (χ2n) is 9.90. The van der Waals surface area contributed by atoms with Crippen molar-refractivity contribution in [1.29, 1.82) is 0 Å². The Kier molecular flexibility index (Phi) is 7.39. The molecule has 0 radical (unpaired) electrons. The molecule has 1 fully saturated rings. The number of pyridine rings is 1. The molecule has 1 aliphatic heterocycles. The average Bonchev–Trinajstić information content (AvgIpc) is 3.56. The largest absolute Gasteiger partial charge is 0.496 e. The fourth-order valence-corrected chi connectivity index (χ4v) is 7.06. The molecular formula is C29H29BrN4O5S. The fourth-order valence-electron chi connectivity index (χ4n) is 5.38. The Morgan fingerprint density at radius 2 is 1.93 bits per heavy atom. The molecule has 1 unspecified atom stereocenters. The standard InChI is InChI=1S/C29H29BrN4O5S/c1-17-8-12-32-13-11-31-26(32)24(17)34-27(35)23-18(2)25(30)40-28(23)33(29(34)36)16-22(39-19-9-14-38-15-10-19)20-6-4-5-7-21(20)37-3/h4-8,11-13,19,22H,9-10,14-16H2,1-3H3. The van der Waals surface area contributed by atoms with Crippen LogP contribution in [0.1, 0.15) is 35.6 Å². The van der Waals surface area contributed by atoms with Gasteiger partial charge in [0.2, 0.25) is 0 Å². The Bertz CT molecular complexity index is 1830. The van der Waals surface area contributed by atoms with Gasteiger partial charge in [0.15, 0.2) is 5.65 Å². The normalized spacial score (nSPS) is 15.2. The monoisotopic (exact) mass is 624 g/mol. The predicted octanol–water partition coefficient (Wildman–Crippen LogP) is 5.19. The molecule has 0 aliphatic carbocycles. The molecule has 0 bridgehead atoms. The van der Waals surface area contributed by atoms with Gasteiger partial charge in [-0.2, -0.15) is 0 Å². The predicted molar refractivity (Wildman–Crippen MR) is 158 cm³/mol. The highest BCUT2D eigenvalue weighted by atomic mass is 79.9. The molecule has 4 aromatic heterocycles. The number of nitrogens with zero attached hydrogens (tertiary/aromatic N) is 4. The molecule has 0 amide bonds. The van der Waals surface area contributed by atoms with Gasteiger partial charge in [0.05, 0.1) is 28.9 Å². The van der Waals surface area contributed by atoms with Crippen LogP contribution in [0.2, 0.25) is 0 Å². The van der Waals surface area contributed by atoms with Crippen molar-refractivity contribution in [2.24, 2.45) is 0 Å². The van der Waals surface area contributed by atoms with E-state index in [1.54, 1.807) is 24.1 Å². The summed E-state index contributed by atoms with van der Waals surface area (Å²) in [6.45, 7) is 5.22. The van der Waals surface area contributed by atoms with Gasteiger partial charge in [-0.1, -0.05) is 18.2 Å². The van der Waals surface area contributed by atoms with E-state index in [2.05, 4.69) is 20.9 Å². The number of halogens is 1. The molecule has 5 aromatic rings. The second kappa shape index (κ2) is 11.0. The topological polar surface area (TPSA) is 89.0 Å². The van der Waals surface area contributed by atoms with Crippen molar-refractivity contribution in [1.82, 2.24) is 18.5 Å². The van der Waals surface area contributed by atoms with Crippen molar-refractivity contribution in [3.63, 3.8) is 0 Å². The molecule has 9 nitrogen and oxygen atoms in total. The van der Waals surface area contributed by atoms with Gasteiger partial charge in [0.1, 0.15) is 22.4 Å². The van der Waals surface area contributed by atoms with E-state index in [0.717, 1.165) is 33.3 Å². The number of benzene rings is 1. The Balaban J connectivity index is 1.59. The number of imidazole rings is 1. The molecule has 40 heavy (non-hydrogen) atoms. The summed E-state index contributed by atoms with van der Waals surface area (Å²) in [7, 11) is 1.63. The van der Waals surface area contributed by atoms with E-state index in [1.807, 2.05) is 54.8 Å². The van der Waals surface area contributed by atoms with Crippen LogP contribution in [-0.4, -0.2) is 44.9 Å². The van der Waals surface area contributed by atoms with Crippen molar-refractivity contribution >= 4 is 43.1 Å². The van der Waals surface area contributed by atoms with Gasteiger partial charge in [-0.3, -0.25) is 9.36 Å². The minimum Gasteiger partial charge on any atom is -0.496 e. The lowest BCUT2D eigenvalue weighted by atomic mass is 10.1. The minimum atomic E-state index is -0.504. The van der Waals surface area contributed by atoms with Crippen LogP contribution in [0.3, 0.4) is 0 Å². The number of hydrogen-bond donors (Lipinski definition) is 0. The van der Waals surface area contributed by atoms with Gasteiger partial charge < -0.3 is 18.6 Å². The van der Waals surface area contributed by atoms with Crippen LogP contribution in [-0.2, 0) is 16.0 Å². The van der Waals surface area contributed by atoms with Crippen LogP contribution < -0.4 is 16.0 Å². The maximum atomic E-state index is 14.4. The quantitative estimate of drug-likeness (QED) is 0.248. The third-order valence-corrected chi connectivity index (χ3v) is 9.66. The van der Waals surface area contributed by atoms with E-state index in [-0.39, 0.29) is 18.2 Å². The van der Waals surface area contributed by atoms with Crippen LogP contribution in [0.25, 0.3) is 21.6 Å². The summed E-state index contributed by atoms with van der Waals surface area (Å²) in [4.78, 5) is 33.6. The fraction of sp³-hybridized carbons (Fsp3) is 0.345. The first-order valence-electron chi connectivity index (χ1n) is 13.1. The summed E-state index contributed by atoms with van der Waals surface area (Å²) < 4.78 is 23.5. The number of ether oxygens (including phenoxy) is 3. The summed E-state index contributed by atoms with van der Waals surface area (Å²) in [5, 5.41) is 0.495. The van der Waals surface area contributed by atoms with Crippen molar-refractivity contribution in [3.05, 3.63) is 90.2 Å². The number of thiophene rings is 1. The third-order valence-electron chi connectivity index (χ3n) is 7.48.